The molecule has 10 heteroatoms. The zero-order valence-electron chi connectivity index (χ0n) is 11.0. The minimum absolute atomic E-state index is 0.0742. The number of piperidine rings is 1. The molecule has 112 valence electrons. The van der Waals surface area contributed by atoms with Gasteiger partial charge in [-0.15, -0.1) is 0 Å². The molecule has 1 aromatic heterocycles. The Morgan fingerprint density at radius 1 is 1.50 bits per heavy atom. The van der Waals surface area contributed by atoms with E-state index in [2.05, 4.69) is 14.3 Å². The summed E-state index contributed by atoms with van der Waals surface area (Å²) in [6.07, 6.45) is 2.88. The number of aromatic nitrogens is 3. The molecule has 0 radical (unpaired) electrons. The van der Waals surface area contributed by atoms with Gasteiger partial charge in [0.15, 0.2) is 5.82 Å². The van der Waals surface area contributed by atoms with Crippen molar-refractivity contribution in [1.82, 2.24) is 19.7 Å². The van der Waals surface area contributed by atoms with Crippen LogP contribution in [-0.2, 0) is 20.9 Å². The topological polar surface area (TPSA) is 115 Å². The van der Waals surface area contributed by atoms with Crippen molar-refractivity contribution in [3.05, 3.63) is 12.2 Å². The van der Waals surface area contributed by atoms with Gasteiger partial charge in [0.1, 0.15) is 12.9 Å². The molecule has 2 heterocycles. The van der Waals surface area contributed by atoms with Crippen LogP contribution in [0.5, 0.6) is 0 Å². The van der Waals surface area contributed by atoms with Crippen LogP contribution in [0.3, 0.4) is 0 Å². The van der Waals surface area contributed by atoms with Crippen LogP contribution >= 0.6 is 0 Å². The Labute approximate surface area is 116 Å². The summed E-state index contributed by atoms with van der Waals surface area (Å²) in [7, 11) is -3.52. The summed E-state index contributed by atoms with van der Waals surface area (Å²) in [5.41, 5.74) is 0. The molecule has 1 amide bonds. The van der Waals surface area contributed by atoms with E-state index in [1.54, 1.807) is 4.68 Å². The van der Waals surface area contributed by atoms with Crippen molar-refractivity contribution in [2.75, 3.05) is 19.3 Å². The van der Waals surface area contributed by atoms with E-state index in [1.165, 1.54) is 11.2 Å². The predicted molar refractivity (Wildman–Crippen MR) is 67.5 cm³/mol. The maximum absolute atomic E-state index is 10.9. The molecule has 20 heavy (non-hydrogen) atoms. The van der Waals surface area contributed by atoms with Gasteiger partial charge in [-0.1, -0.05) is 0 Å². The summed E-state index contributed by atoms with van der Waals surface area (Å²) in [4.78, 5) is 16.1. The van der Waals surface area contributed by atoms with Gasteiger partial charge in [0, 0.05) is 13.1 Å². The monoisotopic (exact) mass is 304 g/mol. The molecule has 0 unspecified atom stereocenters. The van der Waals surface area contributed by atoms with Crippen molar-refractivity contribution in [2.45, 2.75) is 25.5 Å². The van der Waals surface area contributed by atoms with Crippen LogP contribution in [-0.4, -0.2) is 58.6 Å². The van der Waals surface area contributed by atoms with E-state index in [9.17, 15) is 13.2 Å². The molecule has 1 fully saturated rings. The summed E-state index contributed by atoms with van der Waals surface area (Å²) >= 11 is 0. The Hall–Kier alpha value is -1.68. The highest BCUT2D eigenvalue weighted by Gasteiger charge is 2.24. The normalized spacial score (nSPS) is 17.4. The van der Waals surface area contributed by atoms with Gasteiger partial charge in [-0.25, -0.2) is 14.5 Å². The number of likely N-dealkylation sites (tertiary alicyclic amines) is 1. The fourth-order valence-corrected chi connectivity index (χ4v) is 2.35. The second-order valence-corrected chi connectivity index (χ2v) is 6.25. The van der Waals surface area contributed by atoms with Gasteiger partial charge in [-0.2, -0.15) is 13.5 Å². The molecule has 9 nitrogen and oxygen atoms in total. The minimum atomic E-state index is -3.52. The quantitative estimate of drug-likeness (QED) is 0.783. The number of carbonyl (C=O) groups is 1. The van der Waals surface area contributed by atoms with E-state index in [4.69, 9.17) is 5.11 Å². The van der Waals surface area contributed by atoms with Gasteiger partial charge < -0.3 is 10.0 Å². The fourth-order valence-electron chi connectivity index (χ4n) is 2.03. The third-order valence-corrected chi connectivity index (χ3v) is 3.61. The van der Waals surface area contributed by atoms with Crippen molar-refractivity contribution >= 4 is 16.2 Å². The van der Waals surface area contributed by atoms with Gasteiger partial charge in [0.25, 0.3) is 10.1 Å². The second kappa shape index (κ2) is 5.75. The molecule has 0 atom stereocenters. The van der Waals surface area contributed by atoms with Gasteiger partial charge in [-0.3, -0.25) is 4.18 Å². The lowest BCUT2D eigenvalue weighted by molar-refractivity contribution is 0.123. The van der Waals surface area contributed by atoms with Crippen LogP contribution in [0.1, 0.15) is 24.7 Å². The average Bonchev–Trinajstić information content (AvgIpc) is 2.84. The number of hydrogen-bond acceptors (Lipinski definition) is 6. The standard InChI is InChI=1S/C10H16N4O5S/c1-20(17,18)19-6-9-11-7-14(12-9)8-2-4-13(5-3-8)10(15)16/h7-8H,2-6H2,1H3,(H,15,16). The number of carboxylic acid groups (broad SMARTS) is 1. The van der Waals surface area contributed by atoms with Crippen LogP contribution in [0.15, 0.2) is 6.33 Å². The van der Waals surface area contributed by atoms with E-state index < -0.39 is 16.2 Å². The zero-order valence-corrected chi connectivity index (χ0v) is 11.8. The third kappa shape index (κ3) is 3.90. The Morgan fingerprint density at radius 3 is 2.70 bits per heavy atom. The van der Waals surface area contributed by atoms with Crippen molar-refractivity contribution in [2.24, 2.45) is 0 Å². The first-order valence-corrected chi connectivity index (χ1v) is 7.89. The molecular weight excluding hydrogens is 288 g/mol. The number of hydrogen-bond donors (Lipinski definition) is 1. The molecule has 1 N–H and O–H groups in total. The van der Waals surface area contributed by atoms with Gasteiger partial charge >= 0.3 is 6.09 Å². The molecule has 1 aliphatic rings. The van der Waals surface area contributed by atoms with Crippen molar-refractivity contribution in [3.8, 4) is 0 Å². The van der Waals surface area contributed by atoms with E-state index in [0.717, 1.165) is 6.26 Å². The largest absolute Gasteiger partial charge is 0.465 e. The minimum Gasteiger partial charge on any atom is -0.465 e. The van der Waals surface area contributed by atoms with Crippen LogP contribution in [0.2, 0.25) is 0 Å². The van der Waals surface area contributed by atoms with Gasteiger partial charge in [0.2, 0.25) is 0 Å². The molecule has 0 bridgehead atoms. The average molecular weight is 304 g/mol. The first-order valence-electron chi connectivity index (χ1n) is 6.07. The zero-order chi connectivity index (χ0) is 14.8. The highest BCUT2D eigenvalue weighted by Crippen LogP contribution is 2.21. The van der Waals surface area contributed by atoms with Crippen LogP contribution in [0.4, 0.5) is 4.79 Å². The summed E-state index contributed by atoms with van der Waals surface area (Å²) in [6, 6.07) is 0.0742. The van der Waals surface area contributed by atoms with E-state index >= 15 is 0 Å². The lowest BCUT2D eigenvalue weighted by Gasteiger charge is -2.29. The smallest absolute Gasteiger partial charge is 0.407 e. The molecule has 0 spiro atoms. The Kier molecular flexibility index (Phi) is 4.23. The highest BCUT2D eigenvalue weighted by atomic mass is 32.2. The van der Waals surface area contributed by atoms with E-state index in [0.29, 0.717) is 25.9 Å². The van der Waals surface area contributed by atoms with Gasteiger partial charge in [0.05, 0.1) is 12.3 Å². The summed E-state index contributed by atoms with van der Waals surface area (Å²) < 4.78 is 28.0. The van der Waals surface area contributed by atoms with Crippen LogP contribution in [0.25, 0.3) is 0 Å². The number of rotatable bonds is 4. The predicted octanol–water partition coefficient (Wildman–Crippen LogP) is 0.0692. The molecule has 1 saturated heterocycles. The van der Waals surface area contributed by atoms with Gasteiger partial charge in [-0.05, 0) is 12.8 Å². The summed E-state index contributed by atoms with van der Waals surface area (Å²) in [5.74, 6) is 0.288. The first kappa shape index (κ1) is 14.7. The lowest BCUT2D eigenvalue weighted by atomic mass is 10.1. The molecule has 0 aliphatic carbocycles. The SMILES string of the molecule is CS(=O)(=O)OCc1ncn(C2CCN(C(=O)O)CC2)n1. The molecule has 0 saturated carbocycles. The van der Waals surface area contributed by atoms with Crippen LogP contribution < -0.4 is 0 Å². The fraction of sp³-hybridized carbons (Fsp3) is 0.700. The Bertz CT molecular complexity index is 576. The van der Waals surface area contributed by atoms with Crippen LogP contribution in [0, 0.1) is 0 Å². The van der Waals surface area contributed by atoms with Crippen molar-refractivity contribution in [3.63, 3.8) is 0 Å². The molecule has 1 aliphatic heterocycles. The first-order chi connectivity index (χ1) is 9.35. The second-order valence-electron chi connectivity index (χ2n) is 4.61. The number of amides is 1. The lowest BCUT2D eigenvalue weighted by Crippen LogP contribution is -2.38. The summed E-state index contributed by atoms with van der Waals surface area (Å²) in [5, 5.41) is 13.0. The molecule has 0 aromatic carbocycles. The third-order valence-electron chi connectivity index (χ3n) is 3.07. The molecular formula is C10H16N4O5S. The maximum Gasteiger partial charge on any atom is 0.407 e. The molecule has 1 aromatic rings. The number of nitrogens with zero attached hydrogens (tertiary/aromatic N) is 4. The highest BCUT2D eigenvalue weighted by molar-refractivity contribution is 7.85. The van der Waals surface area contributed by atoms with Crippen molar-refractivity contribution in [1.29, 1.82) is 0 Å². The van der Waals surface area contributed by atoms with Crippen molar-refractivity contribution < 1.29 is 22.5 Å². The summed E-state index contributed by atoms with van der Waals surface area (Å²) in [6.45, 7) is 0.712. The Balaban J connectivity index is 1.91. The maximum atomic E-state index is 10.9. The Morgan fingerprint density at radius 2 is 2.15 bits per heavy atom. The van der Waals surface area contributed by atoms with E-state index in [1.807, 2.05) is 0 Å². The van der Waals surface area contributed by atoms with E-state index in [-0.39, 0.29) is 18.5 Å². The molecule has 2 rings (SSSR count).